The summed E-state index contributed by atoms with van der Waals surface area (Å²) in [4.78, 5) is 3.79. The molecule has 0 aromatic carbocycles. The van der Waals surface area contributed by atoms with Crippen molar-refractivity contribution in [3.63, 3.8) is 0 Å². The molecule has 0 aliphatic rings. The Balaban J connectivity index is 2.17. The van der Waals surface area contributed by atoms with Crippen molar-refractivity contribution in [1.82, 2.24) is 10.2 Å². The lowest BCUT2D eigenvalue weighted by Crippen LogP contribution is -2.38. The van der Waals surface area contributed by atoms with Crippen LogP contribution in [0.15, 0.2) is 17.5 Å². The molecule has 0 saturated carbocycles. The highest BCUT2D eigenvalue weighted by molar-refractivity contribution is 7.09. The largest absolute Gasteiger partial charge is 0.383 e. The maximum Gasteiger partial charge on any atom is 0.0587 e. The molecular weight excluding hydrogens is 220 g/mol. The molecule has 0 fully saturated rings. The Labute approximate surface area is 102 Å². The molecule has 1 atom stereocenters. The van der Waals surface area contributed by atoms with Crippen LogP contribution in [0.2, 0.25) is 0 Å². The molecule has 16 heavy (non-hydrogen) atoms. The zero-order chi connectivity index (χ0) is 11.8. The van der Waals surface area contributed by atoms with E-state index in [2.05, 4.69) is 41.7 Å². The van der Waals surface area contributed by atoms with Crippen LogP contribution in [0.5, 0.6) is 0 Å². The summed E-state index contributed by atoms with van der Waals surface area (Å²) in [6.07, 6.45) is 0. The Kier molecular flexibility index (Phi) is 6.64. The van der Waals surface area contributed by atoms with E-state index in [0.717, 1.165) is 26.2 Å². The molecule has 0 aliphatic heterocycles. The third kappa shape index (κ3) is 5.07. The maximum absolute atomic E-state index is 4.99. The predicted molar refractivity (Wildman–Crippen MR) is 70.0 cm³/mol. The lowest BCUT2D eigenvalue weighted by atomic mass is 10.3. The molecule has 1 aromatic rings. The number of likely N-dealkylation sites (N-methyl/N-ethyl adjacent to an activating group) is 1. The lowest BCUT2D eigenvalue weighted by molar-refractivity contribution is 0.191. The minimum Gasteiger partial charge on any atom is -0.383 e. The highest BCUT2D eigenvalue weighted by atomic mass is 32.1. The van der Waals surface area contributed by atoms with Gasteiger partial charge in [-0.1, -0.05) is 6.07 Å². The lowest BCUT2D eigenvalue weighted by Gasteiger charge is -2.24. The van der Waals surface area contributed by atoms with Crippen molar-refractivity contribution in [1.29, 1.82) is 0 Å². The van der Waals surface area contributed by atoms with E-state index in [1.807, 2.05) is 11.3 Å². The second kappa shape index (κ2) is 7.79. The smallest absolute Gasteiger partial charge is 0.0587 e. The van der Waals surface area contributed by atoms with E-state index >= 15 is 0 Å². The normalized spacial score (nSPS) is 13.2. The van der Waals surface area contributed by atoms with Crippen LogP contribution in [-0.4, -0.2) is 44.8 Å². The highest BCUT2D eigenvalue weighted by Gasteiger charge is 2.09. The van der Waals surface area contributed by atoms with Gasteiger partial charge in [-0.15, -0.1) is 11.3 Å². The van der Waals surface area contributed by atoms with Gasteiger partial charge >= 0.3 is 0 Å². The van der Waals surface area contributed by atoms with E-state index in [-0.39, 0.29) is 0 Å². The van der Waals surface area contributed by atoms with Crippen LogP contribution in [0.4, 0.5) is 0 Å². The standard InChI is InChI=1S/C12H22N2OS/c1-11(9-13-6-7-15-3)14(2)10-12-5-4-8-16-12/h4-5,8,11,13H,6-7,9-10H2,1-3H3. The van der Waals surface area contributed by atoms with Gasteiger partial charge in [-0.2, -0.15) is 0 Å². The zero-order valence-electron chi connectivity index (χ0n) is 10.4. The average molecular weight is 242 g/mol. The van der Waals surface area contributed by atoms with Crippen molar-refractivity contribution in [2.24, 2.45) is 0 Å². The van der Waals surface area contributed by atoms with Crippen LogP contribution < -0.4 is 5.32 Å². The first kappa shape index (κ1) is 13.6. The minimum absolute atomic E-state index is 0.541. The molecule has 4 heteroatoms. The predicted octanol–water partition coefficient (Wildman–Crippen LogP) is 1.80. The second-order valence-electron chi connectivity index (χ2n) is 4.04. The van der Waals surface area contributed by atoms with Crippen molar-refractivity contribution in [2.75, 3.05) is 33.9 Å². The summed E-state index contributed by atoms with van der Waals surface area (Å²) < 4.78 is 4.99. The summed E-state index contributed by atoms with van der Waals surface area (Å²) in [7, 11) is 3.90. The molecule has 1 N–H and O–H groups in total. The maximum atomic E-state index is 4.99. The molecule has 1 rings (SSSR count). The fraction of sp³-hybridized carbons (Fsp3) is 0.667. The molecule has 0 saturated heterocycles. The van der Waals surface area contributed by atoms with Crippen LogP contribution in [-0.2, 0) is 11.3 Å². The van der Waals surface area contributed by atoms with Crippen LogP contribution in [0.3, 0.4) is 0 Å². The van der Waals surface area contributed by atoms with Gasteiger partial charge < -0.3 is 10.1 Å². The van der Waals surface area contributed by atoms with E-state index in [0.29, 0.717) is 6.04 Å². The van der Waals surface area contributed by atoms with Crippen molar-refractivity contribution < 1.29 is 4.74 Å². The molecule has 0 aliphatic carbocycles. The summed E-state index contributed by atoms with van der Waals surface area (Å²) in [5.74, 6) is 0. The van der Waals surface area contributed by atoms with Gasteiger partial charge in [0.2, 0.25) is 0 Å². The monoisotopic (exact) mass is 242 g/mol. The second-order valence-corrected chi connectivity index (χ2v) is 5.07. The van der Waals surface area contributed by atoms with Gasteiger partial charge in [0, 0.05) is 37.7 Å². The Hall–Kier alpha value is -0.420. The number of hydrogen-bond acceptors (Lipinski definition) is 4. The van der Waals surface area contributed by atoms with E-state index in [9.17, 15) is 0 Å². The first-order valence-electron chi connectivity index (χ1n) is 5.66. The fourth-order valence-corrected chi connectivity index (χ4v) is 2.21. The molecular formula is C12H22N2OS. The SMILES string of the molecule is COCCNCC(C)N(C)Cc1cccs1. The van der Waals surface area contributed by atoms with Crippen LogP contribution in [0.1, 0.15) is 11.8 Å². The van der Waals surface area contributed by atoms with Crippen LogP contribution in [0, 0.1) is 0 Å². The minimum atomic E-state index is 0.541. The number of nitrogens with zero attached hydrogens (tertiary/aromatic N) is 1. The number of nitrogens with one attached hydrogen (secondary N) is 1. The average Bonchev–Trinajstić information content (AvgIpc) is 2.76. The van der Waals surface area contributed by atoms with Gasteiger partial charge in [-0.25, -0.2) is 0 Å². The van der Waals surface area contributed by atoms with Crippen molar-refractivity contribution in [2.45, 2.75) is 19.5 Å². The third-order valence-electron chi connectivity index (χ3n) is 2.66. The van der Waals surface area contributed by atoms with Crippen molar-refractivity contribution in [3.05, 3.63) is 22.4 Å². The number of thiophene rings is 1. The van der Waals surface area contributed by atoms with Crippen molar-refractivity contribution >= 4 is 11.3 Å². The van der Waals surface area contributed by atoms with Gasteiger partial charge in [-0.05, 0) is 25.4 Å². The molecule has 1 heterocycles. The summed E-state index contributed by atoms with van der Waals surface area (Å²) in [5, 5.41) is 5.51. The molecule has 0 radical (unpaired) electrons. The summed E-state index contributed by atoms with van der Waals surface area (Å²) in [6.45, 7) is 5.98. The topological polar surface area (TPSA) is 24.5 Å². The van der Waals surface area contributed by atoms with E-state index < -0.39 is 0 Å². The highest BCUT2D eigenvalue weighted by Crippen LogP contribution is 2.12. The van der Waals surface area contributed by atoms with Crippen molar-refractivity contribution in [3.8, 4) is 0 Å². The molecule has 1 unspecified atom stereocenters. The van der Waals surface area contributed by atoms with E-state index in [4.69, 9.17) is 4.74 Å². The fourth-order valence-electron chi connectivity index (χ4n) is 1.45. The van der Waals surface area contributed by atoms with Gasteiger partial charge in [0.05, 0.1) is 6.61 Å². The first-order chi connectivity index (χ1) is 7.74. The molecule has 0 bridgehead atoms. The summed E-state index contributed by atoms with van der Waals surface area (Å²) >= 11 is 1.82. The van der Waals surface area contributed by atoms with Gasteiger partial charge in [0.15, 0.2) is 0 Å². The molecule has 0 amide bonds. The van der Waals surface area contributed by atoms with Crippen LogP contribution >= 0.6 is 11.3 Å². The number of rotatable bonds is 8. The van der Waals surface area contributed by atoms with E-state index in [1.54, 1.807) is 7.11 Å². The third-order valence-corrected chi connectivity index (χ3v) is 3.52. The van der Waals surface area contributed by atoms with Gasteiger partial charge in [-0.3, -0.25) is 4.90 Å². The van der Waals surface area contributed by atoms with Gasteiger partial charge in [0.25, 0.3) is 0 Å². The number of hydrogen-bond donors (Lipinski definition) is 1. The number of ether oxygens (including phenoxy) is 1. The summed E-state index contributed by atoms with van der Waals surface area (Å²) in [6, 6.07) is 4.83. The molecule has 92 valence electrons. The quantitative estimate of drug-likeness (QED) is 0.704. The Morgan fingerprint density at radius 3 is 3.00 bits per heavy atom. The molecule has 1 aromatic heterocycles. The summed E-state index contributed by atoms with van der Waals surface area (Å²) in [5.41, 5.74) is 0. The first-order valence-corrected chi connectivity index (χ1v) is 6.54. The van der Waals surface area contributed by atoms with Crippen LogP contribution in [0.25, 0.3) is 0 Å². The zero-order valence-corrected chi connectivity index (χ0v) is 11.2. The molecule has 0 spiro atoms. The Morgan fingerprint density at radius 1 is 1.56 bits per heavy atom. The van der Waals surface area contributed by atoms with Gasteiger partial charge in [0.1, 0.15) is 0 Å². The Bertz CT molecular complexity index is 264. The van der Waals surface area contributed by atoms with E-state index in [1.165, 1.54) is 4.88 Å². The number of methoxy groups -OCH3 is 1. The molecule has 3 nitrogen and oxygen atoms in total. The Morgan fingerprint density at radius 2 is 2.38 bits per heavy atom.